The zero-order chi connectivity index (χ0) is 13.5. The van der Waals surface area contributed by atoms with Crippen molar-refractivity contribution in [2.45, 2.75) is 77.2 Å². The van der Waals surface area contributed by atoms with E-state index in [2.05, 4.69) is 30.6 Å². The normalized spacial score (nSPS) is 20.2. The molecule has 0 radical (unpaired) electrons. The van der Waals surface area contributed by atoms with Crippen LogP contribution < -0.4 is 5.32 Å². The van der Waals surface area contributed by atoms with Gasteiger partial charge in [0.25, 0.3) is 0 Å². The van der Waals surface area contributed by atoms with E-state index in [4.69, 9.17) is 0 Å². The van der Waals surface area contributed by atoms with Crippen LogP contribution in [-0.2, 0) is 6.42 Å². The van der Waals surface area contributed by atoms with E-state index in [1.807, 2.05) is 11.3 Å². The number of hydrogen-bond acceptors (Lipinski definition) is 2. The Kier molecular flexibility index (Phi) is 6.39. The minimum absolute atomic E-state index is 0.704. The molecule has 1 aromatic rings. The topological polar surface area (TPSA) is 12.0 Å². The van der Waals surface area contributed by atoms with Crippen LogP contribution in [0.4, 0.5) is 0 Å². The largest absolute Gasteiger partial charge is 0.314 e. The van der Waals surface area contributed by atoms with Crippen LogP contribution in [0.15, 0.2) is 11.4 Å². The van der Waals surface area contributed by atoms with Crippen LogP contribution >= 0.6 is 11.3 Å². The number of aryl methyl sites for hydroxylation is 1. The second kappa shape index (κ2) is 8.06. The standard InChI is InChI=1S/C17H29NS/c1-3-5-6-7-10-16(18-4-2)14-9-8-11-17-15(14)12-13-19-17/h12-14,16,18H,3-11H2,1-2H3. The molecule has 1 aromatic heterocycles. The molecule has 2 heteroatoms. The summed E-state index contributed by atoms with van der Waals surface area (Å²) in [6.07, 6.45) is 11.0. The highest BCUT2D eigenvalue weighted by Crippen LogP contribution is 2.38. The Balaban J connectivity index is 1.95. The van der Waals surface area contributed by atoms with E-state index >= 15 is 0 Å². The Bertz CT molecular complexity index is 358. The van der Waals surface area contributed by atoms with E-state index in [0.717, 1.165) is 12.5 Å². The molecule has 2 atom stereocenters. The molecule has 0 amide bonds. The number of nitrogens with one attached hydrogen (secondary N) is 1. The summed E-state index contributed by atoms with van der Waals surface area (Å²) in [7, 11) is 0. The molecule has 0 aromatic carbocycles. The fourth-order valence-electron chi connectivity index (χ4n) is 3.44. The maximum atomic E-state index is 3.76. The molecule has 19 heavy (non-hydrogen) atoms. The van der Waals surface area contributed by atoms with Crippen LogP contribution in [0.5, 0.6) is 0 Å². The predicted molar refractivity (Wildman–Crippen MR) is 86.2 cm³/mol. The van der Waals surface area contributed by atoms with Gasteiger partial charge in [-0.1, -0.05) is 39.5 Å². The van der Waals surface area contributed by atoms with E-state index in [0.29, 0.717) is 6.04 Å². The van der Waals surface area contributed by atoms with Gasteiger partial charge >= 0.3 is 0 Å². The molecular formula is C17H29NS. The number of hydrogen-bond donors (Lipinski definition) is 1. The average molecular weight is 279 g/mol. The fraction of sp³-hybridized carbons (Fsp3) is 0.765. The summed E-state index contributed by atoms with van der Waals surface area (Å²) >= 11 is 1.97. The Labute approximate surface area is 122 Å². The van der Waals surface area contributed by atoms with Crippen molar-refractivity contribution in [1.82, 2.24) is 5.32 Å². The molecule has 1 nitrogen and oxygen atoms in total. The first-order valence-corrected chi connectivity index (χ1v) is 9.04. The number of likely N-dealkylation sites (N-methyl/N-ethyl adjacent to an activating group) is 1. The molecule has 1 aliphatic rings. The van der Waals surface area contributed by atoms with Gasteiger partial charge in [-0.3, -0.25) is 0 Å². The lowest BCUT2D eigenvalue weighted by molar-refractivity contribution is 0.369. The third-order valence-corrected chi connectivity index (χ3v) is 5.42. The number of unbranched alkanes of at least 4 members (excludes halogenated alkanes) is 3. The molecular weight excluding hydrogens is 250 g/mol. The Morgan fingerprint density at radius 3 is 3.00 bits per heavy atom. The Hall–Kier alpha value is -0.340. The smallest absolute Gasteiger partial charge is 0.0136 e. The maximum Gasteiger partial charge on any atom is 0.0136 e. The van der Waals surface area contributed by atoms with Crippen molar-refractivity contribution in [2.24, 2.45) is 0 Å². The zero-order valence-corrected chi connectivity index (χ0v) is 13.4. The van der Waals surface area contributed by atoms with Crippen LogP contribution in [0.3, 0.4) is 0 Å². The molecule has 1 aliphatic carbocycles. The summed E-state index contributed by atoms with van der Waals surface area (Å²) in [5.74, 6) is 0.775. The summed E-state index contributed by atoms with van der Waals surface area (Å²) in [6.45, 7) is 5.64. The molecule has 108 valence electrons. The molecule has 0 saturated heterocycles. The van der Waals surface area contributed by atoms with Gasteiger partial charge in [-0.05, 0) is 49.2 Å². The van der Waals surface area contributed by atoms with Gasteiger partial charge in [0.1, 0.15) is 0 Å². The van der Waals surface area contributed by atoms with Gasteiger partial charge in [-0.2, -0.15) is 0 Å². The van der Waals surface area contributed by atoms with Crippen LogP contribution in [0.1, 0.15) is 75.2 Å². The van der Waals surface area contributed by atoms with Gasteiger partial charge in [-0.15, -0.1) is 11.3 Å². The molecule has 0 saturated carbocycles. The molecule has 0 bridgehead atoms. The lowest BCUT2D eigenvalue weighted by Crippen LogP contribution is -2.36. The van der Waals surface area contributed by atoms with Gasteiger partial charge in [0.15, 0.2) is 0 Å². The lowest BCUT2D eigenvalue weighted by Gasteiger charge is -2.31. The van der Waals surface area contributed by atoms with E-state index in [-0.39, 0.29) is 0 Å². The molecule has 0 fully saturated rings. The number of rotatable bonds is 8. The highest BCUT2D eigenvalue weighted by Gasteiger charge is 2.27. The molecule has 0 aliphatic heterocycles. The average Bonchev–Trinajstić information content (AvgIpc) is 2.90. The van der Waals surface area contributed by atoms with Crippen molar-refractivity contribution in [3.8, 4) is 0 Å². The lowest BCUT2D eigenvalue weighted by atomic mass is 9.80. The minimum atomic E-state index is 0.704. The maximum absolute atomic E-state index is 3.76. The second-order valence-electron chi connectivity index (χ2n) is 5.81. The summed E-state index contributed by atoms with van der Waals surface area (Å²) in [5.41, 5.74) is 1.66. The van der Waals surface area contributed by atoms with Crippen molar-refractivity contribution in [1.29, 1.82) is 0 Å². The fourth-order valence-corrected chi connectivity index (χ4v) is 4.44. The molecule has 0 spiro atoms. The third-order valence-electron chi connectivity index (χ3n) is 4.42. The summed E-state index contributed by atoms with van der Waals surface area (Å²) in [6, 6.07) is 3.09. The Morgan fingerprint density at radius 2 is 2.21 bits per heavy atom. The highest BCUT2D eigenvalue weighted by molar-refractivity contribution is 7.10. The van der Waals surface area contributed by atoms with Crippen molar-refractivity contribution in [3.05, 3.63) is 21.9 Å². The van der Waals surface area contributed by atoms with Gasteiger partial charge in [0.2, 0.25) is 0 Å². The van der Waals surface area contributed by atoms with Crippen LogP contribution in [-0.4, -0.2) is 12.6 Å². The van der Waals surface area contributed by atoms with Crippen LogP contribution in [0, 0.1) is 0 Å². The Morgan fingerprint density at radius 1 is 1.32 bits per heavy atom. The summed E-state index contributed by atoms with van der Waals surface area (Å²) in [4.78, 5) is 1.66. The van der Waals surface area contributed by atoms with Gasteiger partial charge < -0.3 is 5.32 Å². The van der Waals surface area contributed by atoms with Crippen molar-refractivity contribution >= 4 is 11.3 Å². The molecule has 1 heterocycles. The first-order valence-electron chi connectivity index (χ1n) is 8.16. The summed E-state index contributed by atoms with van der Waals surface area (Å²) < 4.78 is 0. The van der Waals surface area contributed by atoms with Crippen LogP contribution in [0.25, 0.3) is 0 Å². The SMILES string of the molecule is CCCCCCC(NCC)C1CCCc2sccc21. The van der Waals surface area contributed by atoms with E-state index in [9.17, 15) is 0 Å². The quantitative estimate of drug-likeness (QED) is 0.651. The minimum Gasteiger partial charge on any atom is -0.314 e. The third kappa shape index (κ3) is 4.06. The van der Waals surface area contributed by atoms with Gasteiger partial charge in [-0.25, -0.2) is 0 Å². The van der Waals surface area contributed by atoms with Crippen LogP contribution in [0.2, 0.25) is 0 Å². The second-order valence-corrected chi connectivity index (χ2v) is 6.81. The first kappa shape index (κ1) is 15.1. The van der Waals surface area contributed by atoms with Crippen molar-refractivity contribution in [2.75, 3.05) is 6.54 Å². The van der Waals surface area contributed by atoms with E-state index < -0.39 is 0 Å². The zero-order valence-electron chi connectivity index (χ0n) is 12.6. The summed E-state index contributed by atoms with van der Waals surface area (Å²) in [5, 5.41) is 6.06. The predicted octanol–water partition coefficient (Wildman–Crippen LogP) is 5.12. The first-order chi connectivity index (χ1) is 9.36. The van der Waals surface area contributed by atoms with Gasteiger partial charge in [0.05, 0.1) is 0 Å². The van der Waals surface area contributed by atoms with E-state index in [1.165, 1.54) is 51.4 Å². The van der Waals surface area contributed by atoms with Crippen molar-refractivity contribution < 1.29 is 0 Å². The molecule has 2 unspecified atom stereocenters. The molecule has 2 rings (SSSR count). The highest BCUT2D eigenvalue weighted by atomic mass is 32.1. The van der Waals surface area contributed by atoms with Gasteiger partial charge in [0, 0.05) is 16.8 Å². The molecule has 1 N–H and O–H groups in total. The monoisotopic (exact) mass is 279 g/mol. The number of fused-ring (bicyclic) bond motifs is 1. The van der Waals surface area contributed by atoms with Crippen molar-refractivity contribution in [3.63, 3.8) is 0 Å². The van der Waals surface area contributed by atoms with E-state index in [1.54, 1.807) is 10.4 Å². The number of thiophene rings is 1.